The molecule has 0 aromatic heterocycles. The van der Waals surface area contributed by atoms with Crippen molar-refractivity contribution in [3.63, 3.8) is 0 Å². The molecule has 40 valence electrons. The van der Waals surface area contributed by atoms with Crippen molar-refractivity contribution in [1.29, 1.82) is 0 Å². The maximum Gasteiger partial charge on any atom is 0.0734 e. The van der Waals surface area contributed by atoms with Crippen LogP contribution in [0.2, 0.25) is 0 Å². The van der Waals surface area contributed by atoms with Crippen LogP contribution < -0.4 is 0 Å². The predicted octanol–water partition coefficient (Wildman–Crippen LogP) is 1.19. The van der Waals surface area contributed by atoms with Gasteiger partial charge in [-0.05, 0) is 12.3 Å². The smallest absolute Gasteiger partial charge is 0.0734 e. The third kappa shape index (κ3) is 0.325. The predicted molar refractivity (Wildman–Crippen MR) is 27.1 cm³/mol. The zero-order chi connectivity index (χ0) is 4.91. The Morgan fingerprint density at radius 1 is 1.71 bits per heavy atom. The molecule has 1 nitrogen and oxygen atoms in total. The van der Waals surface area contributed by atoms with E-state index in [1.165, 1.54) is 12.8 Å². The van der Waals surface area contributed by atoms with Crippen molar-refractivity contribution in [2.24, 2.45) is 5.92 Å². The Balaban J connectivity index is 2.05. The van der Waals surface area contributed by atoms with Gasteiger partial charge in [-0.15, -0.1) is 0 Å². The molecule has 0 amide bonds. The van der Waals surface area contributed by atoms with Crippen molar-refractivity contribution in [3.8, 4) is 0 Å². The molecule has 1 saturated carbocycles. The zero-order valence-electron chi connectivity index (χ0n) is 4.61. The molecule has 2 aliphatic rings. The molecule has 2 rings (SSSR count). The average molecular weight is 98.1 g/mol. The second-order valence-electron chi connectivity index (χ2n) is 2.77. The van der Waals surface area contributed by atoms with Crippen LogP contribution in [0, 0.1) is 5.92 Å². The monoisotopic (exact) mass is 98.1 g/mol. The first-order valence-electron chi connectivity index (χ1n) is 2.97. The summed E-state index contributed by atoms with van der Waals surface area (Å²) in [5, 5.41) is 0. The highest BCUT2D eigenvalue weighted by Gasteiger charge is 2.56. The number of hydrogen-bond donors (Lipinski definition) is 0. The van der Waals surface area contributed by atoms with Crippen molar-refractivity contribution >= 4 is 0 Å². The maximum absolute atomic E-state index is 5.34. The van der Waals surface area contributed by atoms with Gasteiger partial charge in [0.2, 0.25) is 0 Å². The summed E-state index contributed by atoms with van der Waals surface area (Å²) < 4.78 is 5.34. The summed E-state index contributed by atoms with van der Waals surface area (Å²) in [5.41, 5.74) is 0.431. The fraction of sp³-hybridized carbons (Fsp3) is 1.00. The minimum atomic E-state index is 0.431. The summed E-state index contributed by atoms with van der Waals surface area (Å²) in [6, 6.07) is 0. The van der Waals surface area contributed by atoms with Crippen molar-refractivity contribution in [2.75, 3.05) is 6.61 Å². The van der Waals surface area contributed by atoms with E-state index < -0.39 is 0 Å². The fourth-order valence-corrected chi connectivity index (χ4v) is 1.37. The van der Waals surface area contributed by atoms with Crippen molar-refractivity contribution in [2.45, 2.75) is 25.4 Å². The van der Waals surface area contributed by atoms with Gasteiger partial charge in [0.15, 0.2) is 0 Å². The van der Waals surface area contributed by atoms with Crippen LogP contribution in [-0.2, 0) is 4.74 Å². The molecule has 1 heteroatoms. The van der Waals surface area contributed by atoms with E-state index in [2.05, 4.69) is 6.92 Å². The summed E-state index contributed by atoms with van der Waals surface area (Å²) in [4.78, 5) is 0. The van der Waals surface area contributed by atoms with Crippen LogP contribution >= 0.6 is 0 Å². The Kier molecular flexibility index (Phi) is 0.487. The van der Waals surface area contributed by atoms with E-state index >= 15 is 0 Å². The second-order valence-corrected chi connectivity index (χ2v) is 2.77. The Morgan fingerprint density at radius 2 is 2.29 bits per heavy atom. The minimum absolute atomic E-state index is 0.431. The Hall–Kier alpha value is -0.0400. The molecular formula is C6H10O. The van der Waals surface area contributed by atoms with Gasteiger partial charge in [0, 0.05) is 6.42 Å². The quantitative estimate of drug-likeness (QED) is 0.442. The molecular weight excluding hydrogens is 88.1 g/mol. The molecule has 1 aliphatic carbocycles. The molecule has 2 atom stereocenters. The third-order valence-corrected chi connectivity index (χ3v) is 2.30. The van der Waals surface area contributed by atoms with E-state index in [9.17, 15) is 0 Å². The van der Waals surface area contributed by atoms with Gasteiger partial charge in [0.25, 0.3) is 0 Å². The normalized spacial score (nSPS) is 57.0. The molecule has 1 heterocycles. The third-order valence-electron chi connectivity index (χ3n) is 2.30. The summed E-state index contributed by atoms with van der Waals surface area (Å²) >= 11 is 0. The van der Waals surface area contributed by atoms with Crippen LogP contribution in [0.3, 0.4) is 0 Å². The lowest BCUT2D eigenvalue weighted by Gasteiger charge is -2.27. The van der Waals surface area contributed by atoms with Crippen molar-refractivity contribution in [1.82, 2.24) is 0 Å². The standard InChI is InChI=1S/C6H10O/c1-5-4-6(5)2-3-7-6/h5H,2-4H2,1H3/t5-,6?/m1/s1. The van der Waals surface area contributed by atoms with Gasteiger partial charge in [-0.1, -0.05) is 6.92 Å². The van der Waals surface area contributed by atoms with Gasteiger partial charge >= 0.3 is 0 Å². The summed E-state index contributed by atoms with van der Waals surface area (Å²) in [5.74, 6) is 0.876. The van der Waals surface area contributed by atoms with E-state index in [1.807, 2.05) is 0 Å². The highest BCUT2D eigenvalue weighted by atomic mass is 16.5. The van der Waals surface area contributed by atoms with Crippen LogP contribution in [-0.4, -0.2) is 12.2 Å². The molecule has 1 spiro atoms. The first-order valence-corrected chi connectivity index (χ1v) is 2.97. The Bertz CT molecular complexity index is 88.8. The van der Waals surface area contributed by atoms with Crippen LogP contribution in [0.1, 0.15) is 19.8 Å². The minimum Gasteiger partial charge on any atom is -0.375 e. The van der Waals surface area contributed by atoms with E-state index in [4.69, 9.17) is 4.74 Å². The van der Waals surface area contributed by atoms with Gasteiger partial charge in [-0.2, -0.15) is 0 Å². The molecule has 1 saturated heterocycles. The van der Waals surface area contributed by atoms with Gasteiger partial charge in [0.05, 0.1) is 12.2 Å². The molecule has 7 heavy (non-hydrogen) atoms. The van der Waals surface area contributed by atoms with Gasteiger partial charge in [-0.3, -0.25) is 0 Å². The largest absolute Gasteiger partial charge is 0.375 e. The fourth-order valence-electron chi connectivity index (χ4n) is 1.37. The lowest BCUT2D eigenvalue weighted by Crippen LogP contribution is -2.30. The van der Waals surface area contributed by atoms with Crippen LogP contribution in [0.15, 0.2) is 0 Å². The topological polar surface area (TPSA) is 9.23 Å². The molecule has 0 aromatic carbocycles. The van der Waals surface area contributed by atoms with Crippen LogP contribution in [0.25, 0.3) is 0 Å². The molecule has 1 aliphatic heterocycles. The number of ether oxygens (including phenoxy) is 1. The summed E-state index contributed by atoms with van der Waals surface area (Å²) in [7, 11) is 0. The van der Waals surface area contributed by atoms with Gasteiger partial charge in [-0.25, -0.2) is 0 Å². The number of rotatable bonds is 0. The Labute approximate surface area is 43.7 Å². The van der Waals surface area contributed by atoms with E-state index in [-0.39, 0.29) is 0 Å². The lowest BCUT2D eigenvalue weighted by molar-refractivity contribution is -0.0821. The van der Waals surface area contributed by atoms with Crippen LogP contribution in [0.4, 0.5) is 0 Å². The average Bonchev–Trinajstić information content (AvgIpc) is 2.10. The highest BCUT2D eigenvalue weighted by molar-refractivity contribution is 5.06. The molecule has 0 aromatic rings. The first-order chi connectivity index (χ1) is 3.33. The molecule has 0 bridgehead atoms. The van der Waals surface area contributed by atoms with E-state index in [1.54, 1.807) is 0 Å². The van der Waals surface area contributed by atoms with Crippen molar-refractivity contribution in [3.05, 3.63) is 0 Å². The first kappa shape index (κ1) is 3.90. The molecule has 0 N–H and O–H groups in total. The second kappa shape index (κ2) is 0.873. The molecule has 1 unspecified atom stereocenters. The molecule has 2 fully saturated rings. The number of hydrogen-bond acceptors (Lipinski definition) is 1. The van der Waals surface area contributed by atoms with Crippen molar-refractivity contribution < 1.29 is 4.74 Å². The van der Waals surface area contributed by atoms with E-state index in [0.717, 1.165) is 12.5 Å². The maximum atomic E-state index is 5.34. The lowest BCUT2D eigenvalue weighted by atomic mass is 10.1. The summed E-state index contributed by atoms with van der Waals surface area (Å²) in [6.07, 6.45) is 2.65. The Morgan fingerprint density at radius 3 is 2.29 bits per heavy atom. The van der Waals surface area contributed by atoms with Gasteiger partial charge < -0.3 is 4.74 Å². The summed E-state index contributed by atoms with van der Waals surface area (Å²) in [6.45, 7) is 3.28. The SMILES string of the molecule is C[C@@H]1CC12CCO2. The molecule has 0 radical (unpaired) electrons. The highest BCUT2D eigenvalue weighted by Crippen LogP contribution is 2.54. The van der Waals surface area contributed by atoms with Gasteiger partial charge in [0.1, 0.15) is 0 Å². The van der Waals surface area contributed by atoms with E-state index in [0.29, 0.717) is 5.60 Å². The van der Waals surface area contributed by atoms with Crippen LogP contribution in [0.5, 0.6) is 0 Å². The zero-order valence-corrected chi connectivity index (χ0v) is 4.61.